The summed E-state index contributed by atoms with van der Waals surface area (Å²) in [6.07, 6.45) is 2.82. The summed E-state index contributed by atoms with van der Waals surface area (Å²) < 4.78 is 7.35. The van der Waals surface area contributed by atoms with E-state index >= 15 is 0 Å². The number of fused-ring (bicyclic) bond motifs is 1. The zero-order chi connectivity index (χ0) is 24.1. The second-order valence-electron chi connectivity index (χ2n) is 7.78. The predicted octanol–water partition coefficient (Wildman–Crippen LogP) is 4.33. The number of benzene rings is 2. The molecule has 1 amide bonds. The van der Waals surface area contributed by atoms with Gasteiger partial charge in [0.2, 0.25) is 5.88 Å². The third-order valence-electron chi connectivity index (χ3n) is 5.20. The molecule has 1 N–H and O–H groups in total. The number of nitriles is 1. The maximum atomic E-state index is 13.4. The van der Waals surface area contributed by atoms with Crippen LogP contribution in [0.4, 0.5) is 0 Å². The molecule has 0 aliphatic heterocycles. The predicted molar refractivity (Wildman–Crippen MR) is 129 cm³/mol. The first-order valence-electron chi connectivity index (χ1n) is 10.7. The number of carbonyl (C=O) groups excluding carboxylic acids is 1. The fourth-order valence-corrected chi connectivity index (χ4v) is 3.45. The van der Waals surface area contributed by atoms with Crippen molar-refractivity contribution >= 4 is 17.6 Å². The molecule has 2 aromatic heterocycles. The second-order valence-corrected chi connectivity index (χ2v) is 7.78. The number of ether oxygens (including phenoxy) is 1. The lowest BCUT2D eigenvalue weighted by molar-refractivity contribution is -0.117. The average Bonchev–Trinajstić information content (AvgIpc) is 2.84. The Kier molecular flexibility index (Phi) is 6.51. The molecule has 0 radical (unpaired) electrons. The van der Waals surface area contributed by atoms with Gasteiger partial charge in [-0.3, -0.25) is 14.0 Å². The molecule has 4 aromatic rings. The van der Waals surface area contributed by atoms with E-state index in [1.165, 1.54) is 10.5 Å². The van der Waals surface area contributed by atoms with Gasteiger partial charge in [-0.15, -0.1) is 0 Å². The molecule has 0 atom stereocenters. The van der Waals surface area contributed by atoms with Crippen LogP contribution in [-0.2, 0) is 11.3 Å². The van der Waals surface area contributed by atoms with E-state index in [4.69, 9.17) is 4.74 Å². The highest BCUT2D eigenvalue weighted by Crippen LogP contribution is 2.25. The maximum Gasteiger partial charge on any atom is 0.269 e. The first-order chi connectivity index (χ1) is 16.5. The lowest BCUT2D eigenvalue weighted by Crippen LogP contribution is -2.25. The molecule has 0 spiro atoms. The summed E-state index contributed by atoms with van der Waals surface area (Å²) in [5.74, 6) is -0.0818. The second kappa shape index (κ2) is 9.84. The van der Waals surface area contributed by atoms with Crippen LogP contribution in [0.15, 0.2) is 83.3 Å². The van der Waals surface area contributed by atoms with Crippen molar-refractivity contribution in [1.82, 2.24) is 14.7 Å². The largest absolute Gasteiger partial charge is 0.438 e. The van der Waals surface area contributed by atoms with Gasteiger partial charge in [-0.25, -0.2) is 0 Å². The van der Waals surface area contributed by atoms with Gasteiger partial charge in [0.15, 0.2) is 0 Å². The molecule has 4 rings (SSSR count). The number of rotatable bonds is 6. The highest BCUT2D eigenvalue weighted by molar-refractivity contribution is 6.01. The van der Waals surface area contributed by atoms with E-state index in [-0.39, 0.29) is 23.6 Å². The quantitative estimate of drug-likeness (QED) is 0.348. The summed E-state index contributed by atoms with van der Waals surface area (Å²) in [4.78, 5) is 30.6. The number of hydrogen-bond donors (Lipinski definition) is 1. The number of nitrogens with one attached hydrogen (secondary N) is 1. The molecule has 0 saturated heterocycles. The summed E-state index contributed by atoms with van der Waals surface area (Å²) in [5, 5.41) is 12.4. The fraction of sp³-hybridized carbons (Fsp3) is 0.111. The number of pyridine rings is 1. The van der Waals surface area contributed by atoms with E-state index in [0.29, 0.717) is 11.4 Å². The smallest absolute Gasteiger partial charge is 0.269 e. The van der Waals surface area contributed by atoms with Gasteiger partial charge in [-0.2, -0.15) is 10.2 Å². The number of hydrogen-bond acceptors (Lipinski definition) is 5. The van der Waals surface area contributed by atoms with Crippen LogP contribution in [0.2, 0.25) is 0 Å². The molecule has 34 heavy (non-hydrogen) atoms. The molecule has 0 unspecified atom stereocenters. The van der Waals surface area contributed by atoms with Crippen LogP contribution in [0.5, 0.6) is 11.6 Å². The Balaban J connectivity index is 1.78. The van der Waals surface area contributed by atoms with Crippen LogP contribution in [0.1, 0.15) is 22.3 Å². The van der Waals surface area contributed by atoms with Gasteiger partial charge < -0.3 is 10.1 Å². The summed E-state index contributed by atoms with van der Waals surface area (Å²) in [5.41, 5.74) is 2.41. The third kappa shape index (κ3) is 4.87. The molecule has 7 heteroatoms. The highest BCUT2D eigenvalue weighted by Gasteiger charge is 2.18. The fourth-order valence-electron chi connectivity index (χ4n) is 3.45. The third-order valence-corrected chi connectivity index (χ3v) is 5.20. The number of aryl methyl sites for hydroxylation is 2. The topological polar surface area (TPSA) is 96.5 Å². The number of amides is 1. The molecule has 0 fully saturated rings. The van der Waals surface area contributed by atoms with Gasteiger partial charge in [0.1, 0.15) is 28.6 Å². The van der Waals surface area contributed by atoms with Crippen molar-refractivity contribution in [2.75, 3.05) is 0 Å². The van der Waals surface area contributed by atoms with Crippen molar-refractivity contribution in [3.05, 3.63) is 111 Å². The Hall–Kier alpha value is -4.70. The summed E-state index contributed by atoms with van der Waals surface area (Å²) in [7, 11) is 0. The molecular formula is C27H22N4O3. The lowest BCUT2D eigenvalue weighted by atomic mass is 10.1. The molecule has 2 heterocycles. The van der Waals surface area contributed by atoms with Gasteiger partial charge in [0, 0.05) is 12.7 Å². The van der Waals surface area contributed by atoms with Gasteiger partial charge in [0.25, 0.3) is 11.5 Å². The first kappa shape index (κ1) is 22.5. The van der Waals surface area contributed by atoms with Gasteiger partial charge >= 0.3 is 0 Å². The molecule has 168 valence electrons. The van der Waals surface area contributed by atoms with E-state index in [0.717, 1.165) is 16.7 Å². The Morgan fingerprint density at radius 3 is 2.65 bits per heavy atom. The Bertz CT molecular complexity index is 1500. The van der Waals surface area contributed by atoms with Crippen molar-refractivity contribution in [3.8, 4) is 17.7 Å². The van der Waals surface area contributed by atoms with E-state index < -0.39 is 11.5 Å². The van der Waals surface area contributed by atoms with Gasteiger partial charge in [-0.1, -0.05) is 48.5 Å². The molecule has 7 nitrogen and oxygen atoms in total. The van der Waals surface area contributed by atoms with Crippen LogP contribution in [0.3, 0.4) is 0 Å². The molecule has 2 aromatic carbocycles. The Labute approximate surface area is 196 Å². The zero-order valence-corrected chi connectivity index (χ0v) is 18.8. The van der Waals surface area contributed by atoms with Crippen molar-refractivity contribution in [2.24, 2.45) is 0 Å². The van der Waals surface area contributed by atoms with Crippen LogP contribution in [0, 0.1) is 25.2 Å². The average molecular weight is 450 g/mol. The normalized spacial score (nSPS) is 11.1. The zero-order valence-electron chi connectivity index (χ0n) is 18.8. The highest BCUT2D eigenvalue weighted by atomic mass is 16.5. The Morgan fingerprint density at radius 1 is 1.12 bits per heavy atom. The molecule has 0 aliphatic rings. The first-order valence-corrected chi connectivity index (χ1v) is 10.7. The number of carbonyl (C=O) groups is 1. The van der Waals surface area contributed by atoms with Crippen molar-refractivity contribution in [2.45, 2.75) is 20.4 Å². The molecule has 0 aliphatic carbocycles. The minimum absolute atomic E-state index is 0.0102. The summed E-state index contributed by atoms with van der Waals surface area (Å²) >= 11 is 0. The summed E-state index contributed by atoms with van der Waals surface area (Å²) in [6.45, 7) is 4.01. The van der Waals surface area contributed by atoms with Crippen LogP contribution >= 0.6 is 0 Å². The van der Waals surface area contributed by atoms with Crippen LogP contribution in [0.25, 0.3) is 11.7 Å². The molecular weight excluding hydrogens is 428 g/mol. The molecule has 0 bridgehead atoms. The van der Waals surface area contributed by atoms with Crippen molar-refractivity contribution in [3.63, 3.8) is 0 Å². The molecule has 0 saturated carbocycles. The maximum absolute atomic E-state index is 13.4. The van der Waals surface area contributed by atoms with Crippen molar-refractivity contribution < 1.29 is 9.53 Å². The Morgan fingerprint density at radius 2 is 1.91 bits per heavy atom. The van der Waals surface area contributed by atoms with Crippen molar-refractivity contribution in [1.29, 1.82) is 5.26 Å². The number of aromatic nitrogens is 2. The van der Waals surface area contributed by atoms with Crippen LogP contribution < -0.4 is 15.6 Å². The van der Waals surface area contributed by atoms with E-state index in [1.54, 1.807) is 18.3 Å². The monoisotopic (exact) mass is 450 g/mol. The summed E-state index contributed by atoms with van der Waals surface area (Å²) in [6, 6.07) is 22.1. The van der Waals surface area contributed by atoms with Gasteiger partial charge in [-0.05, 0) is 54.8 Å². The van der Waals surface area contributed by atoms with E-state index in [9.17, 15) is 14.9 Å². The number of nitrogens with zero attached hydrogens (tertiary/aromatic N) is 3. The SMILES string of the molecule is Cc1cccc(Oc2nc3c(C)cccn3c(=O)c2C=C(C#N)C(=O)NCc2ccccc2)c1. The van der Waals surface area contributed by atoms with Crippen LogP contribution in [-0.4, -0.2) is 15.3 Å². The lowest BCUT2D eigenvalue weighted by Gasteiger charge is -2.12. The minimum Gasteiger partial charge on any atom is -0.438 e. The van der Waals surface area contributed by atoms with E-state index in [1.807, 2.05) is 74.5 Å². The van der Waals surface area contributed by atoms with Gasteiger partial charge in [0.05, 0.1) is 0 Å². The van der Waals surface area contributed by atoms with E-state index in [2.05, 4.69) is 10.3 Å². The minimum atomic E-state index is -0.596. The standard InChI is InChI=1S/C27H22N4O3/c1-18-8-6-12-22(14-18)34-26-23(27(33)31-13-7-9-19(2)24(31)30-26)15-21(16-28)25(32)29-17-20-10-4-3-5-11-20/h3-15H,17H2,1-2H3,(H,29,32).